The van der Waals surface area contributed by atoms with Crippen molar-refractivity contribution in [3.05, 3.63) is 59.2 Å². The van der Waals surface area contributed by atoms with Crippen LogP contribution in [0.1, 0.15) is 57.0 Å². The van der Waals surface area contributed by atoms with E-state index in [1.165, 1.54) is 19.1 Å². The summed E-state index contributed by atoms with van der Waals surface area (Å²) >= 11 is 0. The molecule has 1 fully saturated rings. The lowest BCUT2D eigenvalue weighted by Gasteiger charge is -2.32. The number of alkyl halides is 3. The van der Waals surface area contributed by atoms with Gasteiger partial charge in [0.2, 0.25) is 5.62 Å². The molecule has 0 radical (unpaired) electrons. The van der Waals surface area contributed by atoms with Crippen LogP contribution >= 0.6 is 10.0 Å². The quantitative estimate of drug-likeness (QED) is 0.160. The summed E-state index contributed by atoms with van der Waals surface area (Å²) in [4.78, 5) is 29.2. The smallest absolute Gasteiger partial charge is 0.466 e. The first-order chi connectivity index (χ1) is 21.3. The number of amides is 1. The third-order valence-electron chi connectivity index (χ3n) is 8.12. The lowest BCUT2D eigenvalue weighted by atomic mass is 9.79. The number of nitrogens with zero attached hydrogens (tertiary/aromatic N) is 3. The first kappa shape index (κ1) is 35.8. The van der Waals surface area contributed by atoms with Crippen LogP contribution in [0.2, 0.25) is 0 Å². The van der Waals surface area contributed by atoms with Crippen molar-refractivity contribution >= 4 is 45.5 Å². The molecule has 0 aliphatic carbocycles. The fraction of sp³-hybridized carbons (Fsp3) is 0.531. The van der Waals surface area contributed by atoms with Crippen molar-refractivity contribution in [2.45, 2.75) is 71.7 Å². The molecule has 0 spiro atoms. The van der Waals surface area contributed by atoms with Crippen LogP contribution in [0.15, 0.2) is 47.5 Å². The molecule has 1 amide bonds. The number of hydrogen-bond donors (Lipinski definition) is 0. The average Bonchev–Trinajstić information content (AvgIpc) is 3.35. The molecule has 2 aromatic carbocycles. The van der Waals surface area contributed by atoms with E-state index >= 15 is 0 Å². The Bertz CT molecular complexity index is 1640. The number of esters is 1. The van der Waals surface area contributed by atoms with Crippen LogP contribution in [0.25, 0.3) is 11.0 Å². The van der Waals surface area contributed by atoms with Gasteiger partial charge in [-0.2, -0.15) is 18.2 Å². The van der Waals surface area contributed by atoms with Crippen LogP contribution in [0, 0.1) is 0 Å². The van der Waals surface area contributed by atoms with Gasteiger partial charge in [-0.05, 0) is 88.7 Å². The Hall–Kier alpha value is -3.07. The van der Waals surface area contributed by atoms with Crippen molar-refractivity contribution in [1.29, 1.82) is 0 Å². The van der Waals surface area contributed by atoms with Crippen LogP contribution in [0.3, 0.4) is 0 Å². The van der Waals surface area contributed by atoms with Gasteiger partial charge < -0.3 is 23.3 Å². The second-order valence-corrected chi connectivity index (χ2v) is 17.8. The third-order valence-corrected chi connectivity index (χ3v) is 9.51. The summed E-state index contributed by atoms with van der Waals surface area (Å²) in [5, 5.41) is 0. The van der Waals surface area contributed by atoms with Gasteiger partial charge in [0, 0.05) is 24.8 Å². The number of aryl methyl sites for hydroxylation is 1. The maximum atomic E-state index is 13.5. The Morgan fingerprint density at radius 3 is 2.24 bits per heavy atom. The molecule has 1 saturated heterocycles. The van der Waals surface area contributed by atoms with Gasteiger partial charge in [0.1, 0.15) is 6.73 Å². The lowest BCUT2D eigenvalue weighted by molar-refractivity contribution is -0.141. The highest BCUT2D eigenvalue weighted by Gasteiger charge is 2.51. The zero-order chi connectivity index (χ0) is 34.1. The Morgan fingerprint density at radius 1 is 0.957 bits per heavy atom. The Morgan fingerprint density at radius 2 is 1.63 bits per heavy atom. The summed E-state index contributed by atoms with van der Waals surface area (Å²) in [6.45, 7) is 10.1. The van der Waals surface area contributed by atoms with Gasteiger partial charge in [-0.15, -0.1) is 0 Å². The minimum Gasteiger partial charge on any atom is -0.466 e. The molecular formula is C32H43BF3N3O6S. The van der Waals surface area contributed by atoms with Gasteiger partial charge in [0.15, 0.2) is 0 Å². The van der Waals surface area contributed by atoms with E-state index in [9.17, 15) is 22.8 Å². The number of hydrogen-bond acceptors (Lipinski definition) is 6. The predicted octanol–water partition coefficient (Wildman–Crippen LogP) is 5.12. The predicted molar refractivity (Wildman–Crippen MR) is 174 cm³/mol. The SMILES string of the molecule is CC(=O)OCCCn1/c(=N/C(=O)c2cccc(C(F)(F)F)c2)n(COCCS(C)(C)C)c2cc(B3OC(C)(C)C(C)(C)O3)ccc21. The molecule has 3 aromatic rings. The summed E-state index contributed by atoms with van der Waals surface area (Å²) in [5.41, 5.74) is 0.0169. The van der Waals surface area contributed by atoms with E-state index in [1.54, 1.807) is 9.13 Å². The number of rotatable bonds is 11. The van der Waals surface area contributed by atoms with Gasteiger partial charge in [-0.1, -0.05) is 12.1 Å². The Balaban J connectivity index is 1.86. The van der Waals surface area contributed by atoms with Crippen LogP contribution in [-0.4, -0.2) is 77.1 Å². The fourth-order valence-corrected chi connectivity index (χ4v) is 5.45. The van der Waals surface area contributed by atoms with Crippen molar-refractivity contribution in [2.75, 3.05) is 37.7 Å². The molecule has 9 nitrogen and oxygen atoms in total. The summed E-state index contributed by atoms with van der Waals surface area (Å²) in [7, 11) is -1.50. The molecular weight excluding hydrogens is 622 g/mol. The zero-order valence-electron chi connectivity index (χ0n) is 27.7. The highest BCUT2D eigenvalue weighted by atomic mass is 32.3. The molecule has 0 N–H and O–H groups in total. The number of aromatic nitrogens is 2. The molecule has 46 heavy (non-hydrogen) atoms. The molecule has 252 valence electrons. The average molecular weight is 666 g/mol. The minimum absolute atomic E-state index is 0.0322. The molecule has 1 aliphatic rings. The summed E-state index contributed by atoms with van der Waals surface area (Å²) in [6, 6.07) is 9.83. The van der Waals surface area contributed by atoms with Gasteiger partial charge in [0.25, 0.3) is 5.91 Å². The number of benzene rings is 2. The van der Waals surface area contributed by atoms with E-state index in [1.807, 2.05) is 45.9 Å². The van der Waals surface area contributed by atoms with Crippen LogP contribution in [-0.2, 0) is 43.0 Å². The topological polar surface area (TPSA) is 93.3 Å². The summed E-state index contributed by atoms with van der Waals surface area (Å²) < 4.78 is 67.7. The zero-order valence-corrected chi connectivity index (χ0v) is 28.5. The van der Waals surface area contributed by atoms with Crippen LogP contribution < -0.4 is 11.1 Å². The number of carbonyl (C=O) groups is 2. The number of ether oxygens (including phenoxy) is 2. The highest BCUT2D eigenvalue weighted by molar-refractivity contribution is 8.32. The highest BCUT2D eigenvalue weighted by Crippen LogP contribution is 2.37. The van der Waals surface area contributed by atoms with Gasteiger partial charge in [-0.25, -0.2) is 10.0 Å². The first-order valence-electron chi connectivity index (χ1n) is 15.0. The molecule has 14 heteroatoms. The molecule has 0 atom stereocenters. The molecule has 0 bridgehead atoms. The normalized spacial score (nSPS) is 17.1. The largest absolute Gasteiger partial charge is 0.494 e. The second-order valence-electron chi connectivity index (χ2n) is 13.2. The number of imidazole rings is 1. The second kappa shape index (κ2) is 13.6. The van der Waals surface area contributed by atoms with E-state index in [0.717, 1.165) is 23.3 Å². The molecule has 1 aromatic heterocycles. The maximum absolute atomic E-state index is 13.5. The first-order valence-corrected chi connectivity index (χ1v) is 18.0. The fourth-order valence-electron chi connectivity index (χ4n) is 4.83. The monoisotopic (exact) mass is 665 g/mol. The van der Waals surface area contributed by atoms with Gasteiger partial charge in [-0.3, -0.25) is 14.2 Å². The van der Waals surface area contributed by atoms with Crippen molar-refractivity contribution in [2.24, 2.45) is 4.99 Å². The van der Waals surface area contributed by atoms with E-state index in [4.69, 9.17) is 18.8 Å². The third kappa shape index (κ3) is 8.44. The van der Waals surface area contributed by atoms with E-state index in [2.05, 4.69) is 23.8 Å². The molecule has 4 rings (SSSR count). The van der Waals surface area contributed by atoms with E-state index in [0.29, 0.717) is 30.6 Å². The Labute approximate surface area is 269 Å². The Kier molecular flexibility index (Phi) is 10.6. The minimum atomic E-state index is -4.62. The van der Waals surface area contributed by atoms with Crippen molar-refractivity contribution < 1.29 is 41.5 Å². The standard InChI is InChI=1S/C32H43BF3N3O6S/c1-22(40)43-16-10-15-38-26-14-13-25(33-44-30(2,3)31(4,5)45-33)20-27(26)39(21-42-17-18-46(6,7)8)29(38)37-28(41)23-11-9-12-24(19-23)32(34,35)36/h9,11-14,19-20H,10,15-18,21H2,1-8H3/b37-29-. The van der Waals surface area contributed by atoms with Gasteiger partial charge in [0.05, 0.1) is 41.0 Å². The molecule has 2 heterocycles. The van der Waals surface area contributed by atoms with E-state index < -0.39 is 52.0 Å². The van der Waals surface area contributed by atoms with Crippen molar-refractivity contribution in [3.8, 4) is 0 Å². The van der Waals surface area contributed by atoms with Crippen LogP contribution in [0.5, 0.6) is 0 Å². The maximum Gasteiger partial charge on any atom is 0.494 e. The molecule has 0 saturated carbocycles. The molecule has 1 aliphatic heterocycles. The summed E-state index contributed by atoms with van der Waals surface area (Å²) in [6.07, 6.45) is 2.34. The number of fused-ring (bicyclic) bond motifs is 1. The number of halogens is 3. The van der Waals surface area contributed by atoms with Crippen molar-refractivity contribution in [3.63, 3.8) is 0 Å². The number of carbonyl (C=O) groups excluding carboxylic acids is 2. The van der Waals surface area contributed by atoms with Gasteiger partial charge >= 0.3 is 19.3 Å². The summed E-state index contributed by atoms with van der Waals surface area (Å²) in [5.74, 6) is -0.406. The van der Waals surface area contributed by atoms with E-state index in [-0.39, 0.29) is 24.5 Å². The lowest BCUT2D eigenvalue weighted by Crippen LogP contribution is -2.41. The van der Waals surface area contributed by atoms with Crippen molar-refractivity contribution in [1.82, 2.24) is 9.13 Å². The molecule has 0 unspecified atom stereocenters. The van der Waals surface area contributed by atoms with Crippen LogP contribution in [0.4, 0.5) is 13.2 Å².